The maximum atomic E-state index is 10.6. The Balaban J connectivity index is 1.90. The van der Waals surface area contributed by atoms with Crippen molar-refractivity contribution in [1.82, 2.24) is 0 Å². The van der Waals surface area contributed by atoms with Crippen molar-refractivity contribution in [3.05, 3.63) is 42.1 Å². The second-order valence-electron chi connectivity index (χ2n) is 5.11. The van der Waals surface area contributed by atoms with Crippen LogP contribution in [0.15, 0.2) is 36.5 Å². The van der Waals surface area contributed by atoms with Gasteiger partial charge < -0.3 is 4.74 Å². The number of nitrogens with zero attached hydrogens (tertiary/aromatic N) is 1. The van der Waals surface area contributed by atoms with Crippen molar-refractivity contribution in [3.8, 4) is 0 Å². The fraction of sp³-hybridized carbons (Fsp3) is 0.412. The van der Waals surface area contributed by atoms with Crippen molar-refractivity contribution in [2.45, 2.75) is 39.7 Å². The number of fused-ring (bicyclic) bond motifs is 1. The first-order valence-corrected chi connectivity index (χ1v) is 7.19. The third-order valence-electron chi connectivity index (χ3n) is 3.49. The van der Waals surface area contributed by atoms with Gasteiger partial charge in [0.15, 0.2) is 6.20 Å². The first-order chi connectivity index (χ1) is 9.68. The summed E-state index contributed by atoms with van der Waals surface area (Å²) in [6.45, 7) is 5.13. The van der Waals surface area contributed by atoms with Crippen LogP contribution in [0.4, 0.5) is 0 Å². The van der Waals surface area contributed by atoms with Gasteiger partial charge in [-0.05, 0) is 31.4 Å². The van der Waals surface area contributed by atoms with E-state index in [1.54, 1.807) is 0 Å². The van der Waals surface area contributed by atoms with Crippen molar-refractivity contribution >= 4 is 16.9 Å². The van der Waals surface area contributed by atoms with Gasteiger partial charge in [-0.1, -0.05) is 12.1 Å². The molecule has 0 atom stereocenters. The second-order valence-corrected chi connectivity index (χ2v) is 5.11. The predicted molar refractivity (Wildman–Crippen MR) is 79.4 cm³/mol. The molecule has 2 aromatic rings. The van der Waals surface area contributed by atoms with E-state index < -0.39 is 0 Å². The largest absolute Gasteiger partial charge is 0.466 e. The smallest absolute Gasteiger partial charge is 0.302 e. The first-order valence-electron chi connectivity index (χ1n) is 7.19. The van der Waals surface area contributed by atoms with Gasteiger partial charge in [-0.3, -0.25) is 4.79 Å². The maximum absolute atomic E-state index is 10.6. The summed E-state index contributed by atoms with van der Waals surface area (Å²) >= 11 is 0. The SMILES string of the molecule is CC(=O)OCCCCC[n+]1ccc(C)c2ccccc21. The summed E-state index contributed by atoms with van der Waals surface area (Å²) in [6, 6.07) is 10.7. The van der Waals surface area contributed by atoms with Gasteiger partial charge in [0.25, 0.3) is 0 Å². The van der Waals surface area contributed by atoms with Crippen LogP contribution in [0.1, 0.15) is 31.7 Å². The maximum Gasteiger partial charge on any atom is 0.302 e. The second kappa shape index (κ2) is 7.04. The summed E-state index contributed by atoms with van der Waals surface area (Å²) in [4.78, 5) is 10.6. The highest BCUT2D eigenvalue weighted by Gasteiger charge is 2.09. The molecule has 0 N–H and O–H groups in total. The molecule has 0 amide bonds. The Kier molecular flexibility index (Phi) is 5.10. The molecule has 0 aliphatic heterocycles. The number of hydrogen-bond donors (Lipinski definition) is 0. The number of unbranched alkanes of at least 4 members (excludes halogenated alkanes) is 2. The molecule has 0 aliphatic rings. The fourth-order valence-electron chi connectivity index (χ4n) is 2.40. The molecule has 3 nitrogen and oxygen atoms in total. The molecule has 1 aromatic carbocycles. The van der Waals surface area contributed by atoms with Crippen LogP contribution in [0.25, 0.3) is 10.9 Å². The normalized spacial score (nSPS) is 10.7. The third kappa shape index (κ3) is 3.80. The first kappa shape index (κ1) is 14.5. The lowest BCUT2D eigenvalue weighted by molar-refractivity contribution is -0.671. The van der Waals surface area contributed by atoms with Crippen molar-refractivity contribution < 1.29 is 14.1 Å². The third-order valence-corrected chi connectivity index (χ3v) is 3.49. The highest BCUT2D eigenvalue weighted by molar-refractivity contribution is 5.78. The van der Waals surface area contributed by atoms with E-state index in [0.29, 0.717) is 6.61 Å². The molecule has 0 radical (unpaired) electrons. The van der Waals surface area contributed by atoms with Crippen LogP contribution in [-0.4, -0.2) is 12.6 Å². The van der Waals surface area contributed by atoms with Gasteiger partial charge in [0.1, 0.15) is 6.54 Å². The Morgan fingerprint density at radius 1 is 1.15 bits per heavy atom. The van der Waals surface area contributed by atoms with Crippen LogP contribution in [-0.2, 0) is 16.1 Å². The van der Waals surface area contributed by atoms with Crippen LogP contribution < -0.4 is 4.57 Å². The standard InChI is InChI=1S/C17H22NO2/c1-14-10-12-18(17-9-5-4-8-16(14)17)11-6-3-7-13-20-15(2)19/h4-5,8-10,12H,3,6-7,11,13H2,1-2H3/q+1. The predicted octanol–water partition coefficient (Wildman–Crippen LogP) is 3.17. The summed E-state index contributed by atoms with van der Waals surface area (Å²) < 4.78 is 7.23. The van der Waals surface area contributed by atoms with E-state index in [1.165, 1.54) is 23.4 Å². The molecule has 3 heteroatoms. The van der Waals surface area contributed by atoms with Crippen LogP contribution >= 0.6 is 0 Å². The molecular weight excluding hydrogens is 250 g/mol. The molecule has 2 rings (SSSR count). The Bertz CT molecular complexity index is 593. The quantitative estimate of drug-likeness (QED) is 0.459. The minimum Gasteiger partial charge on any atom is -0.466 e. The van der Waals surface area contributed by atoms with E-state index >= 15 is 0 Å². The van der Waals surface area contributed by atoms with E-state index in [0.717, 1.165) is 25.8 Å². The Labute approximate surface area is 120 Å². The average molecular weight is 272 g/mol. The van der Waals surface area contributed by atoms with Crippen molar-refractivity contribution in [3.63, 3.8) is 0 Å². The molecule has 106 valence electrons. The Morgan fingerprint density at radius 3 is 2.75 bits per heavy atom. The zero-order chi connectivity index (χ0) is 14.4. The molecule has 0 fully saturated rings. The van der Waals surface area contributed by atoms with Crippen molar-refractivity contribution in [2.75, 3.05) is 6.61 Å². The van der Waals surface area contributed by atoms with E-state index in [2.05, 4.69) is 48.0 Å². The van der Waals surface area contributed by atoms with Gasteiger partial charge in [-0.25, -0.2) is 0 Å². The summed E-state index contributed by atoms with van der Waals surface area (Å²) in [5.74, 6) is -0.191. The van der Waals surface area contributed by atoms with E-state index in [9.17, 15) is 4.79 Å². The van der Waals surface area contributed by atoms with E-state index in [-0.39, 0.29) is 5.97 Å². The van der Waals surface area contributed by atoms with E-state index in [4.69, 9.17) is 4.74 Å². The van der Waals surface area contributed by atoms with Crippen LogP contribution in [0, 0.1) is 6.92 Å². The Morgan fingerprint density at radius 2 is 1.95 bits per heavy atom. The summed E-state index contributed by atoms with van der Waals surface area (Å²) in [5, 5.41) is 1.31. The number of esters is 1. The number of ether oxygens (including phenoxy) is 1. The lowest BCUT2D eigenvalue weighted by atomic mass is 10.1. The molecular formula is C17H22NO2+. The molecule has 1 heterocycles. The lowest BCUT2D eigenvalue weighted by Crippen LogP contribution is -2.34. The number of hydrogen-bond acceptors (Lipinski definition) is 2. The topological polar surface area (TPSA) is 30.2 Å². The average Bonchev–Trinajstić information content (AvgIpc) is 2.45. The zero-order valence-electron chi connectivity index (χ0n) is 12.3. The molecule has 0 saturated carbocycles. The number of carbonyl (C=O) groups excluding carboxylic acids is 1. The molecule has 0 bridgehead atoms. The number of aromatic nitrogens is 1. The number of benzene rings is 1. The van der Waals surface area contributed by atoms with Gasteiger partial charge in [0.2, 0.25) is 5.52 Å². The molecule has 0 saturated heterocycles. The summed E-state index contributed by atoms with van der Waals surface area (Å²) in [5.41, 5.74) is 2.60. The summed E-state index contributed by atoms with van der Waals surface area (Å²) in [7, 11) is 0. The van der Waals surface area contributed by atoms with Crippen molar-refractivity contribution in [2.24, 2.45) is 0 Å². The van der Waals surface area contributed by atoms with Gasteiger partial charge >= 0.3 is 5.97 Å². The molecule has 1 aromatic heterocycles. The minimum atomic E-state index is -0.191. The van der Waals surface area contributed by atoms with Crippen molar-refractivity contribution in [1.29, 1.82) is 0 Å². The van der Waals surface area contributed by atoms with Crippen LogP contribution in [0.3, 0.4) is 0 Å². The Hall–Kier alpha value is -1.90. The molecule has 20 heavy (non-hydrogen) atoms. The zero-order valence-corrected chi connectivity index (χ0v) is 12.3. The molecule has 0 aliphatic carbocycles. The van der Waals surface area contributed by atoms with E-state index in [1.807, 2.05) is 0 Å². The number of pyridine rings is 1. The molecule has 0 unspecified atom stereocenters. The fourth-order valence-corrected chi connectivity index (χ4v) is 2.40. The highest BCUT2D eigenvalue weighted by Crippen LogP contribution is 2.14. The van der Waals surface area contributed by atoms with Gasteiger partial charge in [-0.15, -0.1) is 0 Å². The molecule has 0 spiro atoms. The number of para-hydroxylation sites is 1. The minimum absolute atomic E-state index is 0.191. The highest BCUT2D eigenvalue weighted by atomic mass is 16.5. The number of rotatable bonds is 6. The van der Waals surface area contributed by atoms with Gasteiger partial charge in [-0.2, -0.15) is 4.57 Å². The van der Waals surface area contributed by atoms with Gasteiger partial charge in [0, 0.05) is 30.9 Å². The van der Waals surface area contributed by atoms with Gasteiger partial charge in [0.05, 0.1) is 6.61 Å². The lowest BCUT2D eigenvalue weighted by Gasteiger charge is -2.04. The van der Waals surface area contributed by atoms with Crippen LogP contribution in [0.5, 0.6) is 0 Å². The summed E-state index contributed by atoms with van der Waals surface area (Å²) in [6.07, 6.45) is 5.26. The number of carbonyl (C=O) groups is 1. The monoisotopic (exact) mass is 272 g/mol. The van der Waals surface area contributed by atoms with Crippen LogP contribution in [0.2, 0.25) is 0 Å². The number of aryl methyl sites for hydroxylation is 2.